The topological polar surface area (TPSA) is 9.72 Å². The summed E-state index contributed by atoms with van der Waals surface area (Å²) in [5, 5.41) is 0. The highest BCUT2D eigenvalue weighted by Gasteiger charge is 2.11. The largest absolute Gasteiger partial charge is 0.303 e. The van der Waals surface area contributed by atoms with E-state index in [1.165, 1.54) is 110 Å². The monoisotopic (exact) mass is 496 g/mol. The number of nitrogens with zero attached hydrogens (tertiary/aromatic N) is 3. The average Bonchev–Trinajstić information content (AvgIpc) is 2.70. The maximum absolute atomic E-state index is 2.76. The van der Waals surface area contributed by atoms with Gasteiger partial charge in [0.25, 0.3) is 0 Å². The zero-order chi connectivity index (χ0) is 26.6. The summed E-state index contributed by atoms with van der Waals surface area (Å²) in [6.07, 6.45) is 11.1. The Morgan fingerprint density at radius 2 is 0.486 bits per heavy atom. The Bertz CT molecular complexity index is 388. The van der Waals surface area contributed by atoms with Crippen LogP contribution in [-0.4, -0.2) is 73.6 Å². The van der Waals surface area contributed by atoms with E-state index < -0.39 is 0 Å². The van der Waals surface area contributed by atoms with E-state index in [0.717, 1.165) is 29.6 Å². The Kier molecular flexibility index (Phi) is 21.8. The predicted octanol–water partition coefficient (Wildman–Crippen LogP) is 8.29. The molecular formula is C32H69N3. The van der Waals surface area contributed by atoms with E-state index in [-0.39, 0.29) is 0 Å². The van der Waals surface area contributed by atoms with Crippen molar-refractivity contribution in [2.24, 2.45) is 29.6 Å². The lowest BCUT2D eigenvalue weighted by molar-refractivity contribution is 0.209. The fraction of sp³-hybridized carbons (Fsp3) is 1.00. The standard InChI is InChI=1S/C32H69N3/c1-28(2)23-33(19-15-11-13-17-21-34(24-29(3)4)25-30(5)6)20-16-12-14-18-22-35(26-31(7)8)27-32(9)10/h28-32H,11-27H2,1-10H3. The first-order valence-electron chi connectivity index (χ1n) is 15.7. The molecule has 0 saturated carbocycles. The molecule has 0 bridgehead atoms. The molecule has 0 aliphatic carbocycles. The second-order valence-corrected chi connectivity index (χ2v) is 13.6. The second kappa shape index (κ2) is 21.9. The lowest BCUT2D eigenvalue weighted by atomic mass is 10.1. The summed E-state index contributed by atoms with van der Waals surface area (Å²) < 4.78 is 0. The van der Waals surface area contributed by atoms with Gasteiger partial charge in [-0.15, -0.1) is 0 Å². The first kappa shape index (κ1) is 34.9. The summed E-state index contributed by atoms with van der Waals surface area (Å²) in [6, 6.07) is 0. The molecule has 0 unspecified atom stereocenters. The lowest BCUT2D eigenvalue weighted by Gasteiger charge is -2.26. The van der Waals surface area contributed by atoms with Gasteiger partial charge in [-0.1, -0.05) is 94.9 Å². The summed E-state index contributed by atoms with van der Waals surface area (Å²) in [5.41, 5.74) is 0. The summed E-state index contributed by atoms with van der Waals surface area (Å²) in [6.45, 7) is 35.1. The van der Waals surface area contributed by atoms with E-state index in [2.05, 4.69) is 83.9 Å². The van der Waals surface area contributed by atoms with Crippen molar-refractivity contribution >= 4 is 0 Å². The first-order valence-corrected chi connectivity index (χ1v) is 15.7. The van der Waals surface area contributed by atoms with E-state index in [0.29, 0.717) is 0 Å². The smallest absolute Gasteiger partial charge is 0.000449 e. The molecule has 3 heteroatoms. The van der Waals surface area contributed by atoms with Crippen molar-refractivity contribution in [3.8, 4) is 0 Å². The van der Waals surface area contributed by atoms with Crippen LogP contribution >= 0.6 is 0 Å². The minimum atomic E-state index is 0.774. The molecule has 3 nitrogen and oxygen atoms in total. The third kappa shape index (κ3) is 24.0. The highest BCUT2D eigenvalue weighted by atomic mass is 15.1. The van der Waals surface area contributed by atoms with Crippen LogP contribution in [0.15, 0.2) is 0 Å². The minimum absolute atomic E-state index is 0.774. The van der Waals surface area contributed by atoms with Gasteiger partial charge in [-0.05, 0) is 81.5 Å². The van der Waals surface area contributed by atoms with Crippen LogP contribution in [0.1, 0.15) is 121 Å². The maximum Gasteiger partial charge on any atom is 0.000449 e. The molecule has 0 aromatic rings. The molecule has 0 aromatic carbocycles. The quantitative estimate of drug-likeness (QED) is 0.125. The van der Waals surface area contributed by atoms with E-state index >= 15 is 0 Å². The number of unbranched alkanes of at least 4 members (excludes halogenated alkanes) is 6. The molecule has 0 rings (SSSR count). The molecule has 0 atom stereocenters. The first-order chi connectivity index (χ1) is 16.5. The molecule has 0 N–H and O–H groups in total. The second-order valence-electron chi connectivity index (χ2n) is 13.6. The van der Waals surface area contributed by atoms with Gasteiger partial charge in [-0.2, -0.15) is 0 Å². The summed E-state index contributed by atoms with van der Waals surface area (Å²) in [5.74, 6) is 3.88. The van der Waals surface area contributed by atoms with Crippen molar-refractivity contribution in [2.45, 2.75) is 121 Å². The zero-order valence-corrected chi connectivity index (χ0v) is 26.2. The van der Waals surface area contributed by atoms with E-state index in [1.54, 1.807) is 0 Å². The van der Waals surface area contributed by atoms with Crippen molar-refractivity contribution in [1.29, 1.82) is 0 Å². The van der Waals surface area contributed by atoms with E-state index in [4.69, 9.17) is 0 Å². The van der Waals surface area contributed by atoms with E-state index in [1.807, 2.05) is 0 Å². The summed E-state index contributed by atoms with van der Waals surface area (Å²) in [4.78, 5) is 8.16. The van der Waals surface area contributed by atoms with Gasteiger partial charge in [-0.3, -0.25) is 0 Å². The Labute approximate surface area is 223 Å². The molecule has 0 aromatic heterocycles. The predicted molar refractivity (Wildman–Crippen MR) is 160 cm³/mol. The molecule has 0 spiro atoms. The Hall–Kier alpha value is -0.120. The van der Waals surface area contributed by atoms with Gasteiger partial charge >= 0.3 is 0 Å². The zero-order valence-electron chi connectivity index (χ0n) is 26.2. The van der Waals surface area contributed by atoms with Crippen LogP contribution in [-0.2, 0) is 0 Å². The molecule has 0 aliphatic heterocycles. The number of hydrogen-bond acceptors (Lipinski definition) is 3. The normalized spacial score (nSPS) is 12.9. The minimum Gasteiger partial charge on any atom is -0.303 e. The highest BCUT2D eigenvalue weighted by Crippen LogP contribution is 2.11. The fourth-order valence-electron chi connectivity index (χ4n) is 5.44. The average molecular weight is 496 g/mol. The Morgan fingerprint density at radius 1 is 0.286 bits per heavy atom. The molecule has 0 heterocycles. The molecule has 0 aliphatic rings. The van der Waals surface area contributed by atoms with Crippen LogP contribution in [0.5, 0.6) is 0 Å². The molecule has 0 fully saturated rings. The maximum atomic E-state index is 2.76. The van der Waals surface area contributed by atoms with Gasteiger partial charge in [0.1, 0.15) is 0 Å². The lowest BCUT2D eigenvalue weighted by Crippen LogP contribution is -2.32. The van der Waals surface area contributed by atoms with Gasteiger partial charge in [0.05, 0.1) is 0 Å². The van der Waals surface area contributed by atoms with Gasteiger partial charge in [0.15, 0.2) is 0 Å². The van der Waals surface area contributed by atoms with Crippen molar-refractivity contribution in [3.05, 3.63) is 0 Å². The van der Waals surface area contributed by atoms with Crippen LogP contribution in [0, 0.1) is 29.6 Å². The van der Waals surface area contributed by atoms with Crippen LogP contribution in [0.25, 0.3) is 0 Å². The summed E-state index contributed by atoms with van der Waals surface area (Å²) >= 11 is 0. The van der Waals surface area contributed by atoms with Crippen molar-refractivity contribution in [2.75, 3.05) is 58.9 Å². The Morgan fingerprint density at radius 3 is 0.714 bits per heavy atom. The molecule has 35 heavy (non-hydrogen) atoms. The van der Waals surface area contributed by atoms with Crippen molar-refractivity contribution in [1.82, 2.24) is 14.7 Å². The molecule has 0 amide bonds. The number of rotatable bonds is 24. The van der Waals surface area contributed by atoms with Crippen LogP contribution in [0.2, 0.25) is 0 Å². The van der Waals surface area contributed by atoms with Crippen LogP contribution in [0.3, 0.4) is 0 Å². The molecule has 0 saturated heterocycles. The van der Waals surface area contributed by atoms with Crippen molar-refractivity contribution < 1.29 is 0 Å². The van der Waals surface area contributed by atoms with Crippen LogP contribution < -0.4 is 0 Å². The van der Waals surface area contributed by atoms with Gasteiger partial charge < -0.3 is 14.7 Å². The molecule has 212 valence electrons. The van der Waals surface area contributed by atoms with Gasteiger partial charge in [0, 0.05) is 32.7 Å². The SMILES string of the molecule is CC(C)CN(CCCCCCN(CC(C)C)CC(C)C)CCCCCCN(CC(C)C)CC(C)C. The van der Waals surface area contributed by atoms with Gasteiger partial charge in [-0.25, -0.2) is 0 Å². The van der Waals surface area contributed by atoms with Crippen molar-refractivity contribution in [3.63, 3.8) is 0 Å². The van der Waals surface area contributed by atoms with Crippen LogP contribution in [0.4, 0.5) is 0 Å². The molecule has 0 radical (unpaired) electrons. The fourth-order valence-corrected chi connectivity index (χ4v) is 5.44. The third-order valence-corrected chi connectivity index (χ3v) is 6.51. The molecular weight excluding hydrogens is 426 g/mol. The third-order valence-electron chi connectivity index (χ3n) is 6.51. The van der Waals surface area contributed by atoms with Gasteiger partial charge in [0.2, 0.25) is 0 Å². The summed E-state index contributed by atoms with van der Waals surface area (Å²) in [7, 11) is 0. The number of hydrogen-bond donors (Lipinski definition) is 0. The van der Waals surface area contributed by atoms with E-state index in [9.17, 15) is 0 Å². The highest BCUT2D eigenvalue weighted by molar-refractivity contribution is 4.66. The Balaban J connectivity index is 4.10.